The van der Waals surface area contributed by atoms with Crippen LogP contribution < -0.4 is 0 Å². The topological polar surface area (TPSA) is 21.1 Å². The SMILES string of the molecule is CCCCCCCCCCCc1nc2ccccc2n1CCCN(C)C.Cl. The highest BCUT2D eigenvalue weighted by Crippen LogP contribution is 2.19. The van der Waals surface area contributed by atoms with Crippen molar-refractivity contribution in [2.75, 3.05) is 20.6 Å². The lowest BCUT2D eigenvalue weighted by Crippen LogP contribution is -2.16. The number of nitrogens with zero attached hydrogens (tertiary/aromatic N) is 3. The first-order chi connectivity index (χ1) is 12.7. The monoisotopic (exact) mass is 393 g/mol. The largest absolute Gasteiger partial charge is 0.328 e. The van der Waals surface area contributed by atoms with Gasteiger partial charge in [0.25, 0.3) is 0 Å². The van der Waals surface area contributed by atoms with Crippen molar-refractivity contribution < 1.29 is 0 Å². The molecular weight excluding hydrogens is 354 g/mol. The van der Waals surface area contributed by atoms with Gasteiger partial charge in [-0.25, -0.2) is 4.98 Å². The number of benzene rings is 1. The van der Waals surface area contributed by atoms with E-state index in [9.17, 15) is 0 Å². The van der Waals surface area contributed by atoms with Crippen LogP contribution >= 0.6 is 12.4 Å². The summed E-state index contributed by atoms with van der Waals surface area (Å²) in [5.41, 5.74) is 2.46. The Balaban J connectivity index is 0.00000364. The smallest absolute Gasteiger partial charge is 0.109 e. The molecule has 0 saturated carbocycles. The van der Waals surface area contributed by atoms with Gasteiger partial charge in [-0.15, -0.1) is 12.4 Å². The van der Waals surface area contributed by atoms with E-state index in [-0.39, 0.29) is 12.4 Å². The number of rotatable bonds is 14. The quantitative estimate of drug-likeness (QED) is 0.342. The Morgan fingerprint density at radius 3 is 2.15 bits per heavy atom. The predicted octanol–water partition coefficient (Wildman–Crippen LogP) is 6.48. The molecule has 0 fully saturated rings. The van der Waals surface area contributed by atoms with E-state index >= 15 is 0 Å². The molecule has 2 aromatic rings. The molecule has 1 aromatic heterocycles. The molecule has 0 spiro atoms. The van der Waals surface area contributed by atoms with E-state index in [0.29, 0.717) is 0 Å². The Morgan fingerprint density at radius 1 is 0.852 bits per heavy atom. The van der Waals surface area contributed by atoms with Crippen molar-refractivity contribution in [3.05, 3.63) is 30.1 Å². The predicted molar refractivity (Wildman–Crippen MR) is 121 cm³/mol. The number of unbranched alkanes of at least 4 members (excludes halogenated alkanes) is 8. The normalized spacial score (nSPS) is 11.3. The van der Waals surface area contributed by atoms with Gasteiger partial charge in [0.15, 0.2) is 0 Å². The highest BCUT2D eigenvalue weighted by molar-refractivity contribution is 5.85. The molecule has 4 heteroatoms. The van der Waals surface area contributed by atoms with Crippen LogP contribution in [0.2, 0.25) is 0 Å². The highest BCUT2D eigenvalue weighted by atomic mass is 35.5. The molecule has 0 saturated heterocycles. The molecule has 3 nitrogen and oxygen atoms in total. The summed E-state index contributed by atoms with van der Waals surface area (Å²) < 4.78 is 2.46. The first kappa shape index (κ1) is 24.0. The number of fused-ring (bicyclic) bond motifs is 1. The molecule has 0 bridgehead atoms. The minimum absolute atomic E-state index is 0. The lowest BCUT2D eigenvalue weighted by Gasteiger charge is -2.12. The van der Waals surface area contributed by atoms with Gasteiger partial charge in [-0.1, -0.05) is 70.4 Å². The first-order valence-corrected chi connectivity index (χ1v) is 10.8. The Morgan fingerprint density at radius 2 is 1.48 bits per heavy atom. The zero-order chi connectivity index (χ0) is 18.6. The number of aromatic nitrogens is 2. The number of halogens is 1. The van der Waals surface area contributed by atoms with Crippen molar-refractivity contribution in [1.82, 2.24) is 14.5 Å². The van der Waals surface area contributed by atoms with Gasteiger partial charge in [-0.2, -0.15) is 0 Å². The Kier molecular flexibility index (Phi) is 12.4. The summed E-state index contributed by atoms with van der Waals surface area (Å²) >= 11 is 0. The third-order valence-electron chi connectivity index (χ3n) is 5.22. The molecule has 1 aromatic carbocycles. The molecule has 0 radical (unpaired) electrons. The zero-order valence-electron chi connectivity index (χ0n) is 17.8. The van der Waals surface area contributed by atoms with Crippen LogP contribution in [0.4, 0.5) is 0 Å². The van der Waals surface area contributed by atoms with Crippen molar-refractivity contribution in [1.29, 1.82) is 0 Å². The molecule has 0 aliphatic rings. The highest BCUT2D eigenvalue weighted by Gasteiger charge is 2.10. The van der Waals surface area contributed by atoms with E-state index < -0.39 is 0 Å². The second-order valence-electron chi connectivity index (χ2n) is 7.90. The van der Waals surface area contributed by atoms with E-state index in [1.807, 2.05) is 0 Å². The van der Waals surface area contributed by atoms with Crippen LogP contribution in [-0.4, -0.2) is 35.1 Å². The maximum Gasteiger partial charge on any atom is 0.109 e. The average Bonchev–Trinajstić information content (AvgIpc) is 2.98. The molecule has 0 atom stereocenters. The third-order valence-corrected chi connectivity index (χ3v) is 5.22. The number of imidazole rings is 1. The van der Waals surface area contributed by atoms with E-state index in [2.05, 4.69) is 54.8 Å². The summed E-state index contributed by atoms with van der Waals surface area (Å²) in [6.07, 6.45) is 14.7. The summed E-state index contributed by atoms with van der Waals surface area (Å²) in [4.78, 5) is 7.19. The van der Waals surface area contributed by atoms with Crippen molar-refractivity contribution in [3.63, 3.8) is 0 Å². The maximum atomic E-state index is 4.93. The van der Waals surface area contributed by atoms with E-state index in [0.717, 1.165) is 25.0 Å². The fourth-order valence-electron chi connectivity index (χ4n) is 3.70. The lowest BCUT2D eigenvalue weighted by atomic mass is 10.1. The van der Waals surface area contributed by atoms with E-state index in [1.165, 1.54) is 75.5 Å². The minimum atomic E-state index is 0. The van der Waals surface area contributed by atoms with Gasteiger partial charge >= 0.3 is 0 Å². The summed E-state index contributed by atoms with van der Waals surface area (Å²) in [5, 5.41) is 0. The standard InChI is InChI=1S/C23H39N3.ClH/c1-4-5-6-7-8-9-10-11-12-18-23-24-21-16-13-14-17-22(21)26(23)20-15-19-25(2)3;/h13-14,16-17H,4-12,15,18-20H2,1-3H3;1H. The van der Waals surface area contributed by atoms with Crippen LogP contribution in [0.1, 0.15) is 77.0 Å². The maximum absolute atomic E-state index is 4.93. The fraction of sp³-hybridized carbons (Fsp3) is 0.696. The zero-order valence-corrected chi connectivity index (χ0v) is 18.6. The van der Waals surface area contributed by atoms with Gasteiger partial charge in [0.1, 0.15) is 5.82 Å². The van der Waals surface area contributed by atoms with Crippen molar-refractivity contribution in [2.45, 2.75) is 84.1 Å². The van der Waals surface area contributed by atoms with Gasteiger partial charge < -0.3 is 9.47 Å². The van der Waals surface area contributed by atoms with Crippen LogP contribution in [0.3, 0.4) is 0 Å². The third kappa shape index (κ3) is 8.66. The van der Waals surface area contributed by atoms with Gasteiger partial charge in [-0.3, -0.25) is 0 Å². The molecule has 0 unspecified atom stereocenters. The summed E-state index contributed by atoms with van der Waals surface area (Å²) in [6, 6.07) is 8.60. The molecule has 0 aliphatic carbocycles. The van der Waals surface area contributed by atoms with Crippen LogP contribution in [-0.2, 0) is 13.0 Å². The van der Waals surface area contributed by atoms with Gasteiger partial charge in [0, 0.05) is 13.0 Å². The Hall–Kier alpha value is -1.06. The summed E-state index contributed by atoms with van der Waals surface area (Å²) in [6.45, 7) is 4.49. The second-order valence-corrected chi connectivity index (χ2v) is 7.90. The first-order valence-electron chi connectivity index (χ1n) is 10.8. The molecular formula is C23H40ClN3. The van der Waals surface area contributed by atoms with Crippen molar-refractivity contribution >= 4 is 23.4 Å². The molecule has 27 heavy (non-hydrogen) atoms. The fourth-order valence-corrected chi connectivity index (χ4v) is 3.70. The molecule has 0 N–H and O–H groups in total. The molecule has 2 rings (SSSR count). The van der Waals surface area contributed by atoms with Crippen LogP contribution in [0.15, 0.2) is 24.3 Å². The van der Waals surface area contributed by atoms with Gasteiger partial charge in [-0.05, 0) is 45.6 Å². The molecule has 154 valence electrons. The number of hydrogen-bond donors (Lipinski definition) is 0. The van der Waals surface area contributed by atoms with Crippen LogP contribution in [0.25, 0.3) is 11.0 Å². The summed E-state index contributed by atoms with van der Waals surface area (Å²) in [5.74, 6) is 1.29. The van der Waals surface area contributed by atoms with E-state index in [4.69, 9.17) is 4.98 Å². The Bertz CT molecular complexity index is 621. The lowest BCUT2D eigenvalue weighted by molar-refractivity contribution is 0.386. The number of para-hydroxylation sites is 2. The minimum Gasteiger partial charge on any atom is -0.328 e. The summed E-state index contributed by atoms with van der Waals surface area (Å²) in [7, 11) is 4.30. The average molecular weight is 394 g/mol. The van der Waals surface area contributed by atoms with Crippen molar-refractivity contribution in [2.24, 2.45) is 0 Å². The number of aryl methyl sites for hydroxylation is 2. The van der Waals surface area contributed by atoms with E-state index in [1.54, 1.807) is 0 Å². The molecule has 0 amide bonds. The number of hydrogen-bond acceptors (Lipinski definition) is 2. The van der Waals surface area contributed by atoms with Crippen LogP contribution in [0.5, 0.6) is 0 Å². The Labute approximate surface area is 173 Å². The van der Waals surface area contributed by atoms with Crippen molar-refractivity contribution in [3.8, 4) is 0 Å². The van der Waals surface area contributed by atoms with Gasteiger partial charge in [0.05, 0.1) is 11.0 Å². The van der Waals surface area contributed by atoms with Gasteiger partial charge in [0.2, 0.25) is 0 Å². The second kappa shape index (κ2) is 14.0. The molecule has 0 aliphatic heterocycles. The molecule has 1 heterocycles. The van der Waals surface area contributed by atoms with Crippen LogP contribution in [0, 0.1) is 0 Å².